The van der Waals surface area contributed by atoms with Gasteiger partial charge in [-0.2, -0.15) is 0 Å². The van der Waals surface area contributed by atoms with Crippen LogP contribution in [0.4, 0.5) is 9.18 Å². The fourth-order valence-electron chi connectivity index (χ4n) is 3.59. The van der Waals surface area contributed by atoms with Crippen LogP contribution in [-0.4, -0.2) is 46.5 Å². The van der Waals surface area contributed by atoms with Gasteiger partial charge in [0.05, 0.1) is 0 Å². The number of benzene rings is 1. The molecule has 7 heteroatoms. The van der Waals surface area contributed by atoms with Crippen LogP contribution in [0.25, 0.3) is 0 Å². The van der Waals surface area contributed by atoms with Crippen LogP contribution < -0.4 is 5.32 Å². The lowest BCUT2D eigenvalue weighted by Gasteiger charge is -2.22. The van der Waals surface area contributed by atoms with Crippen molar-refractivity contribution in [3.05, 3.63) is 65.2 Å². The SMILES string of the molecule is O=C(O)N1CCCCC1.O=C(c1ccc(F)cc1)c1cncc([C@@H]2CCCN2)c1. The Labute approximate surface area is 169 Å². The molecular formula is C22H26FN3O3. The average Bonchev–Trinajstić information content (AvgIpc) is 3.30. The molecule has 2 saturated heterocycles. The first-order valence-electron chi connectivity index (χ1n) is 10.0. The van der Waals surface area contributed by atoms with Crippen molar-refractivity contribution in [3.63, 3.8) is 0 Å². The van der Waals surface area contributed by atoms with E-state index in [9.17, 15) is 14.0 Å². The van der Waals surface area contributed by atoms with Gasteiger partial charge in [0.2, 0.25) is 0 Å². The fourth-order valence-corrected chi connectivity index (χ4v) is 3.59. The lowest BCUT2D eigenvalue weighted by Crippen LogP contribution is -2.34. The van der Waals surface area contributed by atoms with Crippen LogP contribution in [0.3, 0.4) is 0 Å². The van der Waals surface area contributed by atoms with E-state index in [0.29, 0.717) is 11.1 Å². The second kappa shape index (κ2) is 10.1. The molecule has 1 amide bonds. The molecule has 0 unspecified atom stereocenters. The van der Waals surface area contributed by atoms with Gasteiger partial charge in [0, 0.05) is 42.7 Å². The number of nitrogens with zero attached hydrogens (tertiary/aromatic N) is 2. The number of amides is 1. The summed E-state index contributed by atoms with van der Waals surface area (Å²) < 4.78 is 12.9. The molecule has 2 aliphatic heterocycles. The molecule has 2 aromatic rings. The van der Waals surface area contributed by atoms with Crippen LogP contribution in [0.15, 0.2) is 42.7 Å². The number of rotatable bonds is 3. The number of halogens is 1. The Balaban J connectivity index is 0.000000224. The number of hydrogen-bond donors (Lipinski definition) is 2. The Bertz CT molecular complexity index is 829. The molecule has 0 saturated carbocycles. The zero-order valence-corrected chi connectivity index (χ0v) is 16.3. The lowest BCUT2D eigenvalue weighted by atomic mass is 10.0. The van der Waals surface area contributed by atoms with E-state index in [1.54, 1.807) is 12.4 Å². The third kappa shape index (κ3) is 5.84. The molecule has 1 aromatic carbocycles. The molecule has 0 bridgehead atoms. The maximum absolute atomic E-state index is 12.9. The second-order valence-corrected chi connectivity index (χ2v) is 7.32. The maximum atomic E-state index is 12.9. The summed E-state index contributed by atoms with van der Waals surface area (Å²) in [5.41, 5.74) is 2.06. The largest absolute Gasteiger partial charge is 0.465 e. The topological polar surface area (TPSA) is 82.5 Å². The number of aromatic nitrogens is 1. The Morgan fingerprint density at radius 2 is 1.76 bits per heavy atom. The van der Waals surface area contributed by atoms with Gasteiger partial charge in [-0.15, -0.1) is 0 Å². The number of hydrogen-bond acceptors (Lipinski definition) is 4. The zero-order valence-electron chi connectivity index (χ0n) is 16.3. The number of piperidine rings is 1. The zero-order chi connectivity index (χ0) is 20.6. The van der Waals surface area contributed by atoms with Crippen molar-refractivity contribution < 1.29 is 19.1 Å². The smallest absolute Gasteiger partial charge is 0.407 e. The van der Waals surface area contributed by atoms with Crippen LogP contribution >= 0.6 is 0 Å². The molecule has 1 atom stereocenters. The number of carbonyl (C=O) groups is 2. The molecule has 0 radical (unpaired) electrons. The molecule has 154 valence electrons. The van der Waals surface area contributed by atoms with Gasteiger partial charge in [-0.1, -0.05) is 0 Å². The minimum Gasteiger partial charge on any atom is -0.465 e. The summed E-state index contributed by atoms with van der Waals surface area (Å²) in [6, 6.07) is 7.74. The Kier molecular flexibility index (Phi) is 7.30. The predicted octanol–water partition coefficient (Wildman–Crippen LogP) is 4.03. The molecule has 4 rings (SSSR count). The molecule has 2 N–H and O–H groups in total. The van der Waals surface area contributed by atoms with Crippen molar-refractivity contribution in [1.29, 1.82) is 0 Å². The third-order valence-corrected chi connectivity index (χ3v) is 5.22. The van der Waals surface area contributed by atoms with E-state index >= 15 is 0 Å². The first-order chi connectivity index (χ1) is 14.0. The van der Waals surface area contributed by atoms with Gasteiger partial charge in [0.15, 0.2) is 5.78 Å². The molecule has 0 spiro atoms. The van der Waals surface area contributed by atoms with Gasteiger partial charge >= 0.3 is 6.09 Å². The molecule has 3 heterocycles. The summed E-state index contributed by atoms with van der Waals surface area (Å²) in [6.45, 7) is 2.46. The van der Waals surface area contributed by atoms with E-state index in [1.807, 2.05) is 6.07 Å². The number of likely N-dealkylation sites (tertiary alicyclic amines) is 1. The minimum atomic E-state index is -0.769. The third-order valence-electron chi connectivity index (χ3n) is 5.22. The first kappa shape index (κ1) is 20.9. The highest BCUT2D eigenvalue weighted by molar-refractivity contribution is 6.08. The number of ketones is 1. The number of carboxylic acid groups (broad SMARTS) is 1. The van der Waals surface area contributed by atoms with E-state index in [0.717, 1.165) is 50.9 Å². The van der Waals surface area contributed by atoms with Crippen LogP contribution in [0.1, 0.15) is 59.6 Å². The van der Waals surface area contributed by atoms with Crippen molar-refractivity contribution in [2.45, 2.75) is 38.1 Å². The molecule has 2 aliphatic rings. The summed E-state index contributed by atoms with van der Waals surface area (Å²) in [6.07, 6.45) is 8.04. The molecule has 0 aliphatic carbocycles. The van der Waals surface area contributed by atoms with Gasteiger partial charge in [0.1, 0.15) is 5.82 Å². The van der Waals surface area contributed by atoms with Crippen LogP contribution in [0.2, 0.25) is 0 Å². The number of carbonyl (C=O) groups excluding carboxylic acids is 1. The van der Waals surface area contributed by atoms with E-state index in [2.05, 4.69) is 10.3 Å². The summed E-state index contributed by atoms with van der Waals surface area (Å²) in [5.74, 6) is -0.471. The molecule has 6 nitrogen and oxygen atoms in total. The number of nitrogens with one attached hydrogen (secondary N) is 1. The Morgan fingerprint density at radius 1 is 1.03 bits per heavy atom. The monoisotopic (exact) mass is 399 g/mol. The van der Waals surface area contributed by atoms with Crippen LogP contribution in [0, 0.1) is 5.82 Å². The van der Waals surface area contributed by atoms with Crippen molar-refractivity contribution in [1.82, 2.24) is 15.2 Å². The molecular weight excluding hydrogens is 373 g/mol. The molecule has 29 heavy (non-hydrogen) atoms. The quantitative estimate of drug-likeness (QED) is 0.762. The number of pyridine rings is 1. The summed E-state index contributed by atoms with van der Waals surface area (Å²) in [7, 11) is 0. The average molecular weight is 399 g/mol. The van der Waals surface area contributed by atoms with Crippen molar-refractivity contribution in [3.8, 4) is 0 Å². The van der Waals surface area contributed by atoms with Gasteiger partial charge in [-0.25, -0.2) is 9.18 Å². The van der Waals surface area contributed by atoms with Crippen molar-refractivity contribution in [2.24, 2.45) is 0 Å². The van der Waals surface area contributed by atoms with E-state index < -0.39 is 6.09 Å². The fraction of sp³-hybridized carbons (Fsp3) is 0.409. The van der Waals surface area contributed by atoms with Crippen molar-refractivity contribution in [2.75, 3.05) is 19.6 Å². The predicted molar refractivity (Wildman–Crippen MR) is 107 cm³/mol. The highest BCUT2D eigenvalue weighted by Crippen LogP contribution is 2.23. The lowest BCUT2D eigenvalue weighted by molar-refractivity contribution is 0.103. The molecule has 2 fully saturated rings. The summed E-state index contributed by atoms with van der Waals surface area (Å²) in [5, 5.41) is 11.8. The normalized spacial score (nSPS) is 18.7. The minimum absolute atomic E-state index is 0.127. The van der Waals surface area contributed by atoms with Crippen molar-refractivity contribution >= 4 is 11.9 Å². The van der Waals surface area contributed by atoms with E-state index in [4.69, 9.17) is 5.11 Å². The Morgan fingerprint density at radius 3 is 2.34 bits per heavy atom. The highest BCUT2D eigenvalue weighted by Gasteiger charge is 2.18. The highest BCUT2D eigenvalue weighted by atomic mass is 19.1. The van der Waals surface area contributed by atoms with E-state index in [1.165, 1.54) is 35.6 Å². The maximum Gasteiger partial charge on any atom is 0.407 e. The molecule has 1 aromatic heterocycles. The second-order valence-electron chi connectivity index (χ2n) is 7.32. The summed E-state index contributed by atoms with van der Waals surface area (Å²) >= 11 is 0. The van der Waals surface area contributed by atoms with E-state index in [-0.39, 0.29) is 17.6 Å². The van der Waals surface area contributed by atoms with Gasteiger partial charge in [-0.05, 0) is 74.5 Å². The van der Waals surface area contributed by atoms with Gasteiger partial charge in [-0.3, -0.25) is 9.78 Å². The first-order valence-corrected chi connectivity index (χ1v) is 10.0. The van der Waals surface area contributed by atoms with Gasteiger partial charge < -0.3 is 15.3 Å². The van der Waals surface area contributed by atoms with Gasteiger partial charge in [0.25, 0.3) is 0 Å². The standard InChI is InChI=1S/C16H15FN2O.C6H11NO2/c17-14-5-3-11(4-6-14)16(20)13-8-12(9-18-10-13)15-2-1-7-19-15;8-6(9)7-4-2-1-3-5-7/h3-6,8-10,15,19H,1-2,7H2;1-5H2,(H,8,9)/t15-;/m0./s1. The Hall–Kier alpha value is -2.80. The summed E-state index contributed by atoms with van der Waals surface area (Å²) in [4.78, 5) is 28.3. The van der Waals surface area contributed by atoms with Crippen LogP contribution in [0.5, 0.6) is 0 Å². The van der Waals surface area contributed by atoms with Crippen LogP contribution in [-0.2, 0) is 0 Å².